The fourth-order valence-corrected chi connectivity index (χ4v) is 2.85. The Bertz CT molecular complexity index is 871. The number of benzene rings is 1. The van der Waals surface area contributed by atoms with Crippen LogP contribution in [0.4, 0.5) is 0 Å². The summed E-state index contributed by atoms with van der Waals surface area (Å²) in [6.45, 7) is 3.65. The van der Waals surface area contributed by atoms with Crippen LogP contribution in [-0.2, 0) is 0 Å². The fourth-order valence-electron chi connectivity index (χ4n) is 2.85. The van der Waals surface area contributed by atoms with E-state index in [1.165, 1.54) is 0 Å². The Kier molecular flexibility index (Phi) is 5.88. The maximum absolute atomic E-state index is 10.5. The number of aliphatic hydroxyl groups is 2. The van der Waals surface area contributed by atoms with Gasteiger partial charge in [-0.25, -0.2) is 4.68 Å². The second-order valence-corrected chi connectivity index (χ2v) is 6.69. The molecule has 0 aliphatic heterocycles. The van der Waals surface area contributed by atoms with Crippen molar-refractivity contribution < 1.29 is 14.9 Å². The molecule has 2 aromatic heterocycles. The second kappa shape index (κ2) is 8.33. The van der Waals surface area contributed by atoms with Crippen LogP contribution in [-0.4, -0.2) is 38.2 Å². The number of hydrogen-bond acceptors (Lipinski definition) is 5. The van der Waals surface area contributed by atoms with Crippen LogP contribution in [0, 0.1) is 6.92 Å². The number of rotatable bonds is 7. The first kappa shape index (κ1) is 19.1. The van der Waals surface area contributed by atoms with Gasteiger partial charge in [-0.05, 0) is 69.2 Å². The summed E-state index contributed by atoms with van der Waals surface area (Å²) in [5.41, 5.74) is 4.13. The average Bonchev–Trinajstić information content (AvgIpc) is 3.12. The predicted molar refractivity (Wildman–Crippen MR) is 104 cm³/mol. The first-order valence-electron chi connectivity index (χ1n) is 9.01. The van der Waals surface area contributed by atoms with Crippen molar-refractivity contribution in [2.75, 3.05) is 7.11 Å². The van der Waals surface area contributed by atoms with Gasteiger partial charge in [-0.15, -0.1) is 0 Å². The summed E-state index contributed by atoms with van der Waals surface area (Å²) in [7, 11) is 1.63. The Morgan fingerprint density at radius 2 is 1.81 bits per heavy atom. The van der Waals surface area contributed by atoms with E-state index in [4.69, 9.17) is 4.74 Å². The smallest absolute Gasteiger partial charge is 0.119 e. The molecule has 0 fully saturated rings. The van der Waals surface area contributed by atoms with E-state index in [-0.39, 0.29) is 0 Å². The highest BCUT2D eigenvalue weighted by atomic mass is 16.5. The predicted octanol–water partition coefficient (Wildman–Crippen LogP) is 3.45. The normalized spacial score (nSPS) is 13.4. The monoisotopic (exact) mass is 367 g/mol. The van der Waals surface area contributed by atoms with Gasteiger partial charge in [-0.1, -0.05) is 0 Å². The third-order valence-electron chi connectivity index (χ3n) is 4.45. The second-order valence-electron chi connectivity index (χ2n) is 6.69. The first-order valence-corrected chi connectivity index (χ1v) is 9.01. The summed E-state index contributed by atoms with van der Waals surface area (Å²) in [5, 5.41) is 24.6. The number of pyridine rings is 1. The van der Waals surface area contributed by atoms with Crippen LogP contribution < -0.4 is 4.74 Å². The molecule has 3 rings (SSSR count). The standard InChI is InChI=1S/C21H25N3O3/c1-14-4-6-16(13-22-14)20-12-19(21(26)11-5-15(2)25)23-24(20)17-7-9-18(27-3)10-8-17/h4,6-10,12-13,15,21,25-26H,5,11H2,1-3H3. The van der Waals surface area contributed by atoms with Gasteiger partial charge in [0, 0.05) is 17.5 Å². The maximum Gasteiger partial charge on any atom is 0.119 e. The Morgan fingerprint density at radius 1 is 1.07 bits per heavy atom. The highest BCUT2D eigenvalue weighted by Crippen LogP contribution is 2.28. The van der Waals surface area contributed by atoms with Gasteiger partial charge in [0.05, 0.1) is 36.4 Å². The quantitative estimate of drug-likeness (QED) is 0.669. The fraction of sp³-hybridized carbons (Fsp3) is 0.333. The molecule has 0 aliphatic rings. The lowest BCUT2D eigenvalue weighted by Gasteiger charge is -2.09. The van der Waals surface area contributed by atoms with E-state index in [0.29, 0.717) is 18.5 Å². The molecule has 6 nitrogen and oxygen atoms in total. The van der Waals surface area contributed by atoms with Crippen LogP contribution >= 0.6 is 0 Å². The van der Waals surface area contributed by atoms with Crippen LogP contribution in [0.1, 0.15) is 37.3 Å². The lowest BCUT2D eigenvalue weighted by atomic mass is 10.1. The van der Waals surface area contributed by atoms with Crippen LogP contribution in [0.5, 0.6) is 5.75 Å². The van der Waals surface area contributed by atoms with Crippen molar-refractivity contribution in [1.82, 2.24) is 14.8 Å². The van der Waals surface area contributed by atoms with Crippen molar-refractivity contribution in [3.05, 3.63) is 60.0 Å². The number of hydrogen-bond donors (Lipinski definition) is 2. The molecule has 0 amide bonds. The van der Waals surface area contributed by atoms with E-state index in [1.54, 1.807) is 24.9 Å². The topological polar surface area (TPSA) is 80.4 Å². The molecule has 0 aliphatic carbocycles. The molecule has 0 radical (unpaired) electrons. The van der Waals surface area contributed by atoms with Gasteiger partial charge >= 0.3 is 0 Å². The van der Waals surface area contributed by atoms with Crippen molar-refractivity contribution in [3.8, 4) is 22.7 Å². The highest BCUT2D eigenvalue weighted by Gasteiger charge is 2.18. The van der Waals surface area contributed by atoms with Crippen molar-refractivity contribution in [2.24, 2.45) is 0 Å². The lowest BCUT2D eigenvalue weighted by Crippen LogP contribution is -2.06. The van der Waals surface area contributed by atoms with Crippen molar-refractivity contribution >= 4 is 0 Å². The number of nitrogens with zero attached hydrogens (tertiary/aromatic N) is 3. The van der Waals surface area contributed by atoms with Gasteiger partial charge in [0.1, 0.15) is 5.75 Å². The molecule has 2 N–H and O–H groups in total. The van der Waals surface area contributed by atoms with E-state index in [0.717, 1.165) is 28.4 Å². The molecule has 1 aromatic carbocycles. The molecule has 2 heterocycles. The molecule has 2 atom stereocenters. The Labute approximate surface area is 159 Å². The zero-order valence-corrected chi connectivity index (χ0v) is 15.8. The molecule has 142 valence electrons. The van der Waals surface area contributed by atoms with Gasteiger partial charge in [0.2, 0.25) is 0 Å². The molecule has 3 aromatic rings. The zero-order valence-electron chi connectivity index (χ0n) is 15.8. The van der Waals surface area contributed by atoms with Crippen molar-refractivity contribution in [3.63, 3.8) is 0 Å². The number of aryl methyl sites for hydroxylation is 1. The minimum atomic E-state index is -0.740. The largest absolute Gasteiger partial charge is 0.497 e. The summed E-state index contributed by atoms with van der Waals surface area (Å²) < 4.78 is 7.03. The first-order chi connectivity index (χ1) is 13.0. The van der Waals surface area contributed by atoms with Crippen LogP contribution in [0.15, 0.2) is 48.7 Å². The number of methoxy groups -OCH3 is 1. The van der Waals surface area contributed by atoms with Crippen molar-refractivity contribution in [1.29, 1.82) is 0 Å². The zero-order chi connectivity index (χ0) is 19.4. The van der Waals surface area contributed by atoms with E-state index < -0.39 is 12.2 Å². The summed E-state index contributed by atoms with van der Waals surface area (Å²) in [4.78, 5) is 4.37. The molecule has 6 heteroatoms. The number of aliphatic hydroxyl groups excluding tert-OH is 2. The van der Waals surface area contributed by atoms with Gasteiger partial charge in [-0.2, -0.15) is 5.10 Å². The van der Waals surface area contributed by atoms with Gasteiger partial charge in [0.25, 0.3) is 0 Å². The van der Waals surface area contributed by atoms with Gasteiger partial charge in [-0.3, -0.25) is 4.98 Å². The molecule has 27 heavy (non-hydrogen) atoms. The Hall–Kier alpha value is -2.70. The molecule has 0 spiro atoms. The Balaban J connectivity index is 2.01. The van der Waals surface area contributed by atoms with E-state index in [9.17, 15) is 10.2 Å². The maximum atomic E-state index is 10.5. The van der Waals surface area contributed by atoms with Crippen molar-refractivity contribution in [2.45, 2.75) is 38.9 Å². The molecule has 0 saturated carbocycles. The van der Waals surface area contributed by atoms with Crippen LogP contribution in [0.3, 0.4) is 0 Å². The lowest BCUT2D eigenvalue weighted by molar-refractivity contribution is 0.120. The summed E-state index contributed by atoms with van der Waals surface area (Å²) in [6, 6.07) is 13.4. The van der Waals surface area contributed by atoms with Crippen LogP contribution in [0.2, 0.25) is 0 Å². The van der Waals surface area contributed by atoms with Gasteiger partial charge in [0.15, 0.2) is 0 Å². The van der Waals surface area contributed by atoms with E-state index in [2.05, 4.69) is 10.1 Å². The van der Waals surface area contributed by atoms with Crippen LogP contribution in [0.25, 0.3) is 16.9 Å². The molecule has 0 bridgehead atoms. The number of ether oxygens (including phenoxy) is 1. The minimum Gasteiger partial charge on any atom is -0.497 e. The third-order valence-corrected chi connectivity index (χ3v) is 4.45. The molecule has 2 unspecified atom stereocenters. The average molecular weight is 367 g/mol. The summed E-state index contributed by atoms with van der Waals surface area (Å²) in [5.74, 6) is 0.765. The molecular formula is C21H25N3O3. The molecule has 0 saturated heterocycles. The highest BCUT2D eigenvalue weighted by molar-refractivity contribution is 5.62. The summed E-state index contributed by atoms with van der Waals surface area (Å²) in [6.07, 6.45) is 1.57. The Morgan fingerprint density at radius 3 is 2.41 bits per heavy atom. The summed E-state index contributed by atoms with van der Waals surface area (Å²) >= 11 is 0. The minimum absolute atomic E-state index is 0.447. The van der Waals surface area contributed by atoms with E-state index >= 15 is 0 Å². The molecular weight excluding hydrogens is 342 g/mol. The number of aromatic nitrogens is 3. The SMILES string of the molecule is COc1ccc(-n2nc(C(O)CCC(C)O)cc2-c2ccc(C)nc2)cc1. The van der Waals surface area contributed by atoms with E-state index in [1.807, 2.05) is 49.4 Å². The third kappa shape index (κ3) is 4.53. The van der Waals surface area contributed by atoms with Gasteiger partial charge < -0.3 is 14.9 Å².